The molecule has 1 fully saturated rings. The fourth-order valence-electron chi connectivity index (χ4n) is 2.25. The lowest BCUT2D eigenvalue weighted by atomic mass is 10.1. The Balaban J connectivity index is 2.43. The number of amides is 2. The van der Waals surface area contributed by atoms with E-state index in [0.29, 0.717) is 34.6 Å². The normalized spacial score (nSPS) is 14.9. The summed E-state index contributed by atoms with van der Waals surface area (Å²) in [6.45, 7) is 8.12. The lowest BCUT2D eigenvalue weighted by Crippen LogP contribution is -2.29. The molecule has 0 radical (unpaired) electrons. The van der Waals surface area contributed by atoms with Crippen LogP contribution in [-0.2, 0) is 9.59 Å². The average Bonchev–Trinajstić information content (AvgIpc) is 2.74. The number of nitrogens with zero attached hydrogens (tertiary/aromatic N) is 1. The molecule has 23 heavy (non-hydrogen) atoms. The van der Waals surface area contributed by atoms with E-state index in [4.69, 9.17) is 27.9 Å². The van der Waals surface area contributed by atoms with E-state index < -0.39 is 0 Å². The quantitative estimate of drug-likeness (QED) is 0.584. The summed E-state index contributed by atoms with van der Waals surface area (Å²) >= 11 is 12.3. The molecular weight excluding hydrogens is 337 g/mol. The number of hydrogen-bond donors (Lipinski definition) is 0. The minimum absolute atomic E-state index is 0.0856. The zero-order valence-electron chi connectivity index (χ0n) is 13.6. The molecule has 0 aromatic heterocycles. The number of carbonyl (C=O) groups is 2. The predicted molar refractivity (Wildman–Crippen MR) is 92.3 cm³/mol. The summed E-state index contributed by atoms with van der Waals surface area (Å²) in [4.78, 5) is 25.8. The first-order chi connectivity index (χ1) is 10.7. The number of halogens is 2. The standard InChI is InChI=1S/C17H19Cl2NO3/c1-9(2)8-23-15-7-14(12(18)6-13(15)19)20-16(21)5-11(10(3)4)17(20)22/h6-7,9H,5,8H2,1-4H3. The fourth-order valence-corrected chi connectivity index (χ4v) is 2.77. The number of imide groups is 1. The highest BCUT2D eigenvalue weighted by Gasteiger charge is 2.37. The van der Waals surface area contributed by atoms with Crippen LogP contribution in [0.4, 0.5) is 5.69 Å². The molecule has 1 aromatic rings. The largest absolute Gasteiger partial charge is 0.492 e. The second kappa shape index (κ2) is 6.93. The van der Waals surface area contributed by atoms with Crippen LogP contribution in [0.3, 0.4) is 0 Å². The van der Waals surface area contributed by atoms with Crippen LogP contribution in [0.5, 0.6) is 5.75 Å². The van der Waals surface area contributed by atoms with Gasteiger partial charge in [0, 0.05) is 11.6 Å². The monoisotopic (exact) mass is 355 g/mol. The summed E-state index contributed by atoms with van der Waals surface area (Å²) in [5.41, 5.74) is 1.64. The summed E-state index contributed by atoms with van der Waals surface area (Å²) in [5, 5.41) is 0.588. The number of carbonyl (C=O) groups excluding carboxylic acids is 2. The third-order valence-corrected chi connectivity index (χ3v) is 4.05. The molecule has 124 valence electrons. The van der Waals surface area contributed by atoms with Crippen LogP contribution in [0.2, 0.25) is 10.0 Å². The van der Waals surface area contributed by atoms with Crippen LogP contribution in [-0.4, -0.2) is 18.4 Å². The maximum Gasteiger partial charge on any atom is 0.261 e. The van der Waals surface area contributed by atoms with Gasteiger partial charge in [-0.3, -0.25) is 9.59 Å². The van der Waals surface area contributed by atoms with Crippen LogP contribution in [0.1, 0.15) is 34.1 Å². The molecule has 1 aromatic carbocycles. The minimum Gasteiger partial charge on any atom is -0.492 e. The van der Waals surface area contributed by atoms with Crippen molar-refractivity contribution in [2.75, 3.05) is 11.5 Å². The Labute approximate surface area is 146 Å². The number of hydrogen-bond acceptors (Lipinski definition) is 3. The summed E-state index contributed by atoms with van der Waals surface area (Å²) in [7, 11) is 0. The van der Waals surface area contributed by atoms with Crippen molar-refractivity contribution in [3.63, 3.8) is 0 Å². The van der Waals surface area contributed by atoms with Crippen molar-refractivity contribution in [3.8, 4) is 5.75 Å². The van der Waals surface area contributed by atoms with E-state index in [2.05, 4.69) is 0 Å². The van der Waals surface area contributed by atoms with E-state index in [0.717, 1.165) is 10.5 Å². The topological polar surface area (TPSA) is 46.6 Å². The molecule has 1 heterocycles. The van der Waals surface area contributed by atoms with Crippen LogP contribution < -0.4 is 9.64 Å². The molecule has 0 unspecified atom stereocenters. The molecule has 0 aliphatic carbocycles. The molecule has 0 spiro atoms. The fraction of sp³-hybridized carbons (Fsp3) is 0.412. The zero-order chi connectivity index (χ0) is 17.3. The first kappa shape index (κ1) is 17.8. The molecule has 1 aliphatic rings. The zero-order valence-corrected chi connectivity index (χ0v) is 15.1. The van der Waals surface area contributed by atoms with Crippen LogP contribution in [0.15, 0.2) is 23.3 Å². The van der Waals surface area contributed by atoms with E-state index in [1.54, 1.807) is 6.07 Å². The summed E-state index contributed by atoms with van der Waals surface area (Å²) in [5.74, 6) is 0.0859. The Kier molecular flexibility index (Phi) is 5.37. The van der Waals surface area contributed by atoms with Crippen molar-refractivity contribution in [2.24, 2.45) is 5.92 Å². The Hall–Kier alpha value is -1.52. The van der Waals surface area contributed by atoms with Crippen LogP contribution >= 0.6 is 23.2 Å². The van der Waals surface area contributed by atoms with E-state index in [9.17, 15) is 9.59 Å². The number of anilines is 1. The molecule has 0 atom stereocenters. The van der Waals surface area contributed by atoms with Gasteiger partial charge in [0.25, 0.3) is 5.91 Å². The van der Waals surface area contributed by atoms with Gasteiger partial charge in [-0.05, 0) is 25.8 Å². The second-order valence-electron chi connectivity index (χ2n) is 6.13. The van der Waals surface area contributed by atoms with Gasteiger partial charge in [0.2, 0.25) is 5.91 Å². The van der Waals surface area contributed by atoms with Crippen molar-refractivity contribution in [1.29, 1.82) is 0 Å². The highest BCUT2D eigenvalue weighted by atomic mass is 35.5. The van der Waals surface area contributed by atoms with E-state index in [1.165, 1.54) is 6.07 Å². The summed E-state index contributed by atoms with van der Waals surface area (Å²) in [6.07, 6.45) is 0.0856. The number of benzene rings is 1. The van der Waals surface area contributed by atoms with Crippen molar-refractivity contribution in [1.82, 2.24) is 0 Å². The molecule has 0 bridgehead atoms. The third-order valence-electron chi connectivity index (χ3n) is 3.46. The molecule has 0 saturated carbocycles. The molecule has 1 saturated heterocycles. The van der Waals surface area contributed by atoms with Gasteiger partial charge in [-0.1, -0.05) is 42.6 Å². The number of rotatable bonds is 4. The van der Waals surface area contributed by atoms with E-state index >= 15 is 0 Å². The van der Waals surface area contributed by atoms with Gasteiger partial charge in [0.15, 0.2) is 0 Å². The first-order valence-corrected chi connectivity index (χ1v) is 8.13. The third kappa shape index (κ3) is 3.70. The van der Waals surface area contributed by atoms with Crippen molar-refractivity contribution < 1.29 is 14.3 Å². The Morgan fingerprint density at radius 3 is 2.39 bits per heavy atom. The maximum atomic E-state index is 12.5. The highest BCUT2D eigenvalue weighted by Crippen LogP contribution is 2.39. The van der Waals surface area contributed by atoms with Crippen molar-refractivity contribution in [2.45, 2.75) is 34.1 Å². The lowest BCUT2D eigenvalue weighted by Gasteiger charge is -2.18. The van der Waals surface area contributed by atoms with Gasteiger partial charge in [-0.15, -0.1) is 0 Å². The van der Waals surface area contributed by atoms with Gasteiger partial charge < -0.3 is 4.74 Å². The van der Waals surface area contributed by atoms with E-state index in [1.807, 2.05) is 27.7 Å². The number of ether oxygens (including phenoxy) is 1. The maximum absolute atomic E-state index is 12.5. The van der Waals surface area contributed by atoms with Gasteiger partial charge >= 0.3 is 0 Å². The highest BCUT2D eigenvalue weighted by molar-refractivity contribution is 6.39. The Morgan fingerprint density at radius 1 is 1.22 bits per heavy atom. The molecule has 6 heteroatoms. The predicted octanol–water partition coefficient (Wildman–Crippen LogP) is 4.63. The lowest BCUT2D eigenvalue weighted by molar-refractivity contribution is -0.120. The first-order valence-electron chi connectivity index (χ1n) is 7.37. The SMILES string of the molecule is CC(C)=C1CC(=O)N(c2cc(OCC(C)C)c(Cl)cc2Cl)C1=O. The van der Waals surface area contributed by atoms with Crippen LogP contribution in [0, 0.1) is 5.92 Å². The van der Waals surface area contributed by atoms with Gasteiger partial charge in [0.1, 0.15) is 5.75 Å². The molecule has 4 nitrogen and oxygen atoms in total. The molecule has 2 amide bonds. The van der Waals surface area contributed by atoms with Gasteiger partial charge in [-0.25, -0.2) is 4.90 Å². The summed E-state index contributed by atoms with van der Waals surface area (Å²) in [6, 6.07) is 3.05. The van der Waals surface area contributed by atoms with E-state index in [-0.39, 0.29) is 23.3 Å². The summed E-state index contributed by atoms with van der Waals surface area (Å²) < 4.78 is 5.65. The minimum atomic E-state index is -0.339. The molecular formula is C17H19Cl2NO3. The molecule has 2 rings (SSSR count). The van der Waals surface area contributed by atoms with Crippen molar-refractivity contribution in [3.05, 3.63) is 33.3 Å². The molecule has 1 aliphatic heterocycles. The number of allylic oxidation sites excluding steroid dienone is 1. The Bertz CT molecular complexity index is 691. The van der Waals surface area contributed by atoms with Crippen LogP contribution in [0.25, 0.3) is 0 Å². The Morgan fingerprint density at radius 2 is 1.87 bits per heavy atom. The molecule has 0 N–H and O–H groups in total. The van der Waals surface area contributed by atoms with Gasteiger partial charge in [0.05, 0.1) is 28.8 Å². The second-order valence-corrected chi connectivity index (χ2v) is 6.94. The average molecular weight is 356 g/mol. The van der Waals surface area contributed by atoms with Crippen molar-refractivity contribution >= 4 is 40.7 Å². The smallest absolute Gasteiger partial charge is 0.261 e. The van der Waals surface area contributed by atoms with Gasteiger partial charge in [-0.2, -0.15) is 0 Å².